The van der Waals surface area contributed by atoms with Crippen LogP contribution in [-0.2, 0) is 4.74 Å². The van der Waals surface area contributed by atoms with Crippen molar-refractivity contribution >= 4 is 6.09 Å². The fraction of sp³-hybridized carbons (Fsp3) is 0.588. The van der Waals surface area contributed by atoms with Gasteiger partial charge < -0.3 is 25.6 Å². The van der Waals surface area contributed by atoms with Gasteiger partial charge in [-0.05, 0) is 40.2 Å². The number of ether oxygens (including phenoxy) is 1. The highest BCUT2D eigenvalue weighted by atomic mass is 16.6. The van der Waals surface area contributed by atoms with Crippen LogP contribution in [0.5, 0.6) is 11.5 Å². The van der Waals surface area contributed by atoms with Crippen molar-refractivity contribution in [2.75, 3.05) is 6.54 Å². The van der Waals surface area contributed by atoms with E-state index in [4.69, 9.17) is 4.74 Å². The molecule has 0 heterocycles. The van der Waals surface area contributed by atoms with Crippen molar-refractivity contribution in [2.24, 2.45) is 0 Å². The van der Waals surface area contributed by atoms with Gasteiger partial charge in [0, 0.05) is 30.3 Å². The highest BCUT2D eigenvalue weighted by Gasteiger charge is 2.19. The van der Waals surface area contributed by atoms with Crippen LogP contribution in [0.25, 0.3) is 0 Å². The smallest absolute Gasteiger partial charge is 0.407 e. The van der Waals surface area contributed by atoms with Gasteiger partial charge in [-0.2, -0.15) is 0 Å². The average Bonchev–Trinajstić information content (AvgIpc) is 2.41. The van der Waals surface area contributed by atoms with Gasteiger partial charge in [-0.3, -0.25) is 0 Å². The van der Waals surface area contributed by atoms with Gasteiger partial charge >= 0.3 is 6.09 Å². The Morgan fingerprint density at radius 2 is 1.96 bits per heavy atom. The molecule has 0 fully saturated rings. The van der Waals surface area contributed by atoms with Crippen molar-refractivity contribution in [1.82, 2.24) is 10.6 Å². The van der Waals surface area contributed by atoms with Crippen LogP contribution in [0.4, 0.5) is 4.79 Å². The molecule has 0 aliphatic rings. The summed E-state index contributed by atoms with van der Waals surface area (Å²) in [5.74, 6) is 0.0667. The molecule has 1 amide bonds. The summed E-state index contributed by atoms with van der Waals surface area (Å²) in [6.45, 7) is 9.81. The SMILES string of the molecule is CCC(CNC(=O)OC(C)(C)C)NC(C)c1ccc(O)cc1O. The zero-order valence-corrected chi connectivity index (χ0v) is 14.5. The molecule has 130 valence electrons. The molecule has 0 spiro atoms. The first kappa shape index (κ1) is 19.1. The van der Waals surface area contributed by atoms with Gasteiger partial charge in [0.25, 0.3) is 0 Å². The maximum absolute atomic E-state index is 11.7. The molecular weight excluding hydrogens is 296 g/mol. The third-order valence-electron chi connectivity index (χ3n) is 3.35. The van der Waals surface area contributed by atoms with Gasteiger partial charge in [-0.1, -0.05) is 13.0 Å². The number of amides is 1. The van der Waals surface area contributed by atoms with Crippen molar-refractivity contribution in [3.8, 4) is 11.5 Å². The lowest BCUT2D eigenvalue weighted by molar-refractivity contribution is 0.0521. The number of rotatable bonds is 6. The van der Waals surface area contributed by atoms with Crippen molar-refractivity contribution in [3.05, 3.63) is 23.8 Å². The molecule has 2 atom stereocenters. The normalized spacial score (nSPS) is 14.1. The first-order valence-corrected chi connectivity index (χ1v) is 7.87. The summed E-state index contributed by atoms with van der Waals surface area (Å²) in [6.07, 6.45) is 0.358. The number of nitrogens with one attached hydrogen (secondary N) is 2. The van der Waals surface area contributed by atoms with E-state index in [1.54, 1.807) is 6.07 Å². The van der Waals surface area contributed by atoms with Crippen LogP contribution in [0, 0.1) is 0 Å². The molecule has 0 bridgehead atoms. The van der Waals surface area contributed by atoms with Gasteiger partial charge in [0.2, 0.25) is 0 Å². The van der Waals surface area contributed by atoms with E-state index in [1.807, 2.05) is 34.6 Å². The Morgan fingerprint density at radius 3 is 2.48 bits per heavy atom. The topological polar surface area (TPSA) is 90.8 Å². The number of carbonyl (C=O) groups is 1. The van der Waals surface area contributed by atoms with E-state index in [0.29, 0.717) is 12.1 Å². The quantitative estimate of drug-likeness (QED) is 0.645. The third-order valence-corrected chi connectivity index (χ3v) is 3.35. The minimum atomic E-state index is -0.523. The van der Waals surface area contributed by atoms with E-state index < -0.39 is 11.7 Å². The second-order valence-electron chi connectivity index (χ2n) is 6.62. The van der Waals surface area contributed by atoms with E-state index in [2.05, 4.69) is 10.6 Å². The van der Waals surface area contributed by atoms with Crippen LogP contribution in [0.15, 0.2) is 18.2 Å². The molecule has 2 unspecified atom stereocenters. The predicted octanol–water partition coefficient (Wildman–Crippen LogP) is 3.05. The lowest BCUT2D eigenvalue weighted by Gasteiger charge is -2.25. The van der Waals surface area contributed by atoms with Crippen LogP contribution in [0.2, 0.25) is 0 Å². The number of aromatic hydroxyl groups is 2. The number of hydrogen-bond acceptors (Lipinski definition) is 5. The van der Waals surface area contributed by atoms with Crippen molar-refractivity contribution < 1.29 is 19.7 Å². The lowest BCUT2D eigenvalue weighted by Crippen LogP contribution is -2.43. The summed E-state index contributed by atoms with van der Waals surface area (Å²) < 4.78 is 5.21. The average molecular weight is 324 g/mol. The second-order valence-corrected chi connectivity index (χ2v) is 6.62. The van der Waals surface area contributed by atoms with Crippen LogP contribution < -0.4 is 10.6 Å². The summed E-state index contributed by atoms with van der Waals surface area (Å²) in [4.78, 5) is 11.7. The summed E-state index contributed by atoms with van der Waals surface area (Å²) in [7, 11) is 0. The molecule has 0 saturated heterocycles. The first-order chi connectivity index (χ1) is 10.6. The molecule has 0 saturated carbocycles. The van der Waals surface area contributed by atoms with Crippen LogP contribution >= 0.6 is 0 Å². The van der Waals surface area contributed by atoms with Gasteiger partial charge in [-0.25, -0.2) is 4.79 Å². The Labute approximate surface area is 137 Å². The van der Waals surface area contributed by atoms with Gasteiger partial charge in [0.05, 0.1) is 0 Å². The number of benzene rings is 1. The molecule has 23 heavy (non-hydrogen) atoms. The van der Waals surface area contributed by atoms with E-state index in [0.717, 1.165) is 6.42 Å². The van der Waals surface area contributed by atoms with E-state index >= 15 is 0 Å². The Balaban J connectivity index is 2.57. The Bertz CT molecular complexity index is 526. The van der Waals surface area contributed by atoms with E-state index in [9.17, 15) is 15.0 Å². The van der Waals surface area contributed by atoms with E-state index in [-0.39, 0.29) is 23.6 Å². The fourth-order valence-corrected chi connectivity index (χ4v) is 2.18. The zero-order chi connectivity index (χ0) is 17.6. The fourth-order valence-electron chi connectivity index (χ4n) is 2.18. The molecule has 1 aromatic rings. The maximum Gasteiger partial charge on any atom is 0.407 e. The van der Waals surface area contributed by atoms with Crippen LogP contribution in [0.1, 0.15) is 52.6 Å². The Kier molecular flexibility index (Phi) is 6.69. The molecule has 0 aliphatic carbocycles. The monoisotopic (exact) mass is 324 g/mol. The van der Waals surface area contributed by atoms with Gasteiger partial charge in [-0.15, -0.1) is 0 Å². The van der Waals surface area contributed by atoms with Crippen molar-refractivity contribution in [2.45, 2.75) is 58.7 Å². The number of phenolic OH excluding ortho intramolecular Hbond substituents is 2. The molecule has 1 rings (SSSR count). The number of alkyl carbamates (subject to hydrolysis) is 1. The number of phenols is 2. The minimum Gasteiger partial charge on any atom is -0.508 e. The maximum atomic E-state index is 11.7. The van der Waals surface area contributed by atoms with Gasteiger partial charge in [0.15, 0.2) is 0 Å². The van der Waals surface area contributed by atoms with Gasteiger partial charge in [0.1, 0.15) is 17.1 Å². The first-order valence-electron chi connectivity index (χ1n) is 7.87. The Morgan fingerprint density at radius 1 is 1.30 bits per heavy atom. The highest BCUT2D eigenvalue weighted by Crippen LogP contribution is 2.28. The molecule has 0 aliphatic heterocycles. The lowest BCUT2D eigenvalue weighted by atomic mass is 10.1. The largest absolute Gasteiger partial charge is 0.508 e. The Hall–Kier alpha value is -1.95. The standard InChI is InChI=1S/C17H28N2O4/c1-6-12(10-18-16(22)23-17(3,4)5)19-11(2)14-8-7-13(20)9-15(14)21/h7-9,11-12,19-21H,6,10H2,1-5H3,(H,18,22). The molecule has 0 radical (unpaired) electrons. The minimum absolute atomic E-state index is 0.0251. The zero-order valence-electron chi connectivity index (χ0n) is 14.5. The molecule has 6 heteroatoms. The summed E-state index contributed by atoms with van der Waals surface area (Å²) >= 11 is 0. The van der Waals surface area contributed by atoms with E-state index in [1.165, 1.54) is 12.1 Å². The molecule has 6 nitrogen and oxygen atoms in total. The molecule has 0 aromatic heterocycles. The summed E-state index contributed by atoms with van der Waals surface area (Å²) in [6, 6.07) is 4.43. The van der Waals surface area contributed by atoms with Crippen molar-refractivity contribution in [1.29, 1.82) is 0 Å². The summed E-state index contributed by atoms with van der Waals surface area (Å²) in [5.41, 5.74) is 0.170. The number of carbonyl (C=O) groups excluding carboxylic acids is 1. The number of hydrogen-bond donors (Lipinski definition) is 4. The molecule has 1 aromatic carbocycles. The predicted molar refractivity (Wildman–Crippen MR) is 89.6 cm³/mol. The third kappa shape index (κ3) is 6.78. The second kappa shape index (κ2) is 8.06. The van der Waals surface area contributed by atoms with Crippen LogP contribution in [-0.4, -0.2) is 34.5 Å². The molecular formula is C17H28N2O4. The van der Waals surface area contributed by atoms with Crippen molar-refractivity contribution in [3.63, 3.8) is 0 Å². The van der Waals surface area contributed by atoms with Crippen LogP contribution in [0.3, 0.4) is 0 Å². The highest BCUT2D eigenvalue weighted by molar-refractivity contribution is 5.67. The molecule has 4 N–H and O–H groups in total. The summed E-state index contributed by atoms with van der Waals surface area (Å²) in [5, 5.41) is 25.3.